The summed E-state index contributed by atoms with van der Waals surface area (Å²) in [6, 6.07) is 0.669. The summed E-state index contributed by atoms with van der Waals surface area (Å²) >= 11 is 1.53. The van der Waals surface area contributed by atoms with E-state index >= 15 is 0 Å². The lowest BCUT2D eigenvalue weighted by Gasteiger charge is -2.34. The zero-order valence-electron chi connectivity index (χ0n) is 10.4. The normalized spacial score (nSPS) is 25.7. The number of hydrogen-bond acceptors (Lipinski definition) is 4. The molecule has 4 heteroatoms. The zero-order chi connectivity index (χ0) is 11.7. The van der Waals surface area contributed by atoms with E-state index in [-0.39, 0.29) is 0 Å². The van der Waals surface area contributed by atoms with E-state index in [9.17, 15) is 0 Å². The molecule has 1 heterocycles. The lowest BCUT2D eigenvalue weighted by Crippen LogP contribution is -2.35. The molecule has 0 bridgehead atoms. The molecule has 1 aliphatic carbocycles. The van der Waals surface area contributed by atoms with Gasteiger partial charge in [-0.15, -0.1) is 0 Å². The first-order valence-electron chi connectivity index (χ1n) is 6.04. The highest BCUT2D eigenvalue weighted by atomic mass is 32.1. The number of nitrogens with two attached hydrogens (primary N) is 1. The van der Waals surface area contributed by atoms with Crippen molar-refractivity contribution in [3.63, 3.8) is 0 Å². The van der Waals surface area contributed by atoms with E-state index in [0.29, 0.717) is 11.9 Å². The molecule has 16 heavy (non-hydrogen) atoms. The van der Waals surface area contributed by atoms with Gasteiger partial charge in [0.15, 0.2) is 0 Å². The van der Waals surface area contributed by atoms with Crippen LogP contribution in [-0.2, 0) is 0 Å². The first-order chi connectivity index (χ1) is 7.59. The van der Waals surface area contributed by atoms with E-state index in [1.807, 2.05) is 0 Å². The van der Waals surface area contributed by atoms with E-state index in [2.05, 4.69) is 30.2 Å². The molecule has 1 aromatic rings. The SMILES string of the molecule is Cc1c(N)nsc1N(C)C1CCCC(C)C1. The largest absolute Gasteiger partial charge is 0.383 e. The molecule has 1 saturated carbocycles. The maximum absolute atomic E-state index is 5.81. The number of rotatable bonds is 2. The summed E-state index contributed by atoms with van der Waals surface area (Å²) in [5.41, 5.74) is 6.95. The Bertz CT molecular complexity index is 361. The molecular formula is C12H21N3S. The van der Waals surface area contributed by atoms with Gasteiger partial charge in [-0.2, -0.15) is 4.37 Å². The monoisotopic (exact) mass is 239 g/mol. The highest BCUT2D eigenvalue weighted by Gasteiger charge is 2.24. The molecule has 0 spiro atoms. The quantitative estimate of drug-likeness (QED) is 0.862. The van der Waals surface area contributed by atoms with E-state index < -0.39 is 0 Å². The van der Waals surface area contributed by atoms with Crippen LogP contribution in [-0.4, -0.2) is 17.5 Å². The van der Waals surface area contributed by atoms with Crippen molar-refractivity contribution >= 4 is 22.4 Å². The summed E-state index contributed by atoms with van der Waals surface area (Å²) in [6.45, 7) is 4.42. The van der Waals surface area contributed by atoms with Crippen LogP contribution in [0.1, 0.15) is 38.2 Å². The molecule has 0 aliphatic heterocycles. The molecule has 1 fully saturated rings. The molecule has 2 N–H and O–H groups in total. The molecule has 1 aromatic heterocycles. The van der Waals surface area contributed by atoms with Gasteiger partial charge in [0.05, 0.1) is 0 Å². The van der Waals surface area contributed by atoms with Crippen molar-refractivity contribution in [2.24, 2.45) is 5.92 Å². The van der Waals surface area contributed by atoms with E-state index in [1.165, 1.54) is 42.2 Å². The van der Waals surface area contributed by atoms with Crippen LogP contribution in [0.2, 0.25) is 0 Å². The Kier molecular flexibility index (Phi) is 3.38. The molecule has 0 radical (unpaired) electrons. The molecule has 2 unspecified atom stereocenters. The Hall–Kier alpha value is -0.770. The summed E-state index contributed by atoms with van der Waals surface area (Å²) in [5.74, 6) is 1.54. The van der Waals surface area contributed by atoms with Gasteiger partial charge in [-0.25, -0.2) is 0 Å². The molecule has 3 nitrogen and oxygen atoms in total. The smallest absolute Gasteiger partial charge is 0.142 e. The van der Waals surface area contributed by atoms with Crippen LogP contribution in [0.5, 0.6) is 0 Å². The molecule has 2 atom stereocenters. The minimum atomic E-state index is 0.669. The van der Waals surface area contributed by atoms with Crippen LogP contribution in [0, 0.1) is 12.8 Å². The Labute approximate surface area is 102 Å². The fourth-order valence-electron chi connectivity index (χ4n) is 2.59. The van der Waals surface area contributed by atoms with Crippen LogP contribution < -0.4 is 10.6 Å². The predicted molar refractivity (Wildman–Crippen MR) is 71.1 cm³/mol. The number of aromatic nitrogens is 1. The standard InChI is InChI=1S/C12H21N3S/c1-8-5-4-6-10(7-8)15(3)12-9(2)11(13)14-16-12/h8,10H,4-7H2,1-3H3,(H2,13,14). The topological polar surface area (TPSA) is 42.1 Å². The third kappa shape index (κ3) is 2.17. The molecule has 0 saturated heterocycles. The number of hydrogen-bond donors (Lipinski definition) is 1. The van der Waals surface area contributed by atoms with Gasteiger partial charge in [-0.1, -0.05) is 19.8 Å². The summed E-state index contributed by atoms with van der Waals surface area (Å²) in [5, 5.41) is 1.25. The zero-order valence-corrected chi connectivity index (χ0v) is 11.2. The van der Waals surface area contributed by atoms with Gasteiger partial charge in [0.2, 0.25) is 0 Å². The van der Waals surface area contributed by atoms with Crippen LogP contribution in [0.25, 0.3) is 0 Å². The minimum Gasteiger partial charge on any atom is -0.383 e. The lowest BCUT2D eigenvalue weighted by atomic mass is 9.86. The van der Waals surface area contributed by atoms with Crippen molar-refractivity contribution in [1.82, 2.24) is 4.37 Å². The highest BCUT2D eigenvalue weighted by molar-refractivity contribution is 7.10. The molecule has 0 aromatic carbocycles. The Balaban J connectivity index is 2.12. The van der Waals surface area contributed by atoms with Gasteiger partial charge in [-0.3, -0.25) is 0 Å². The van der Waals surface area contributed by atoms with Crippen molar-refractivity contribution in [3.05, 3.63) is 5.56 Å². The first kappa shape index (κ1) is 11.7. The molecule has 1 aliphatic rings. The van der Waals surface area contributed by atoms with Crippen molar-refractivity contribution in [3.8, 4) is 0 Å². The summed E-state index contributed by atoms with van der Waals surface area (Å²) in [6.07, 6.45) is 5.34. The van der Waals surface area contributed by atoms with Gasteiger partial charge in [0.1, 0.15) is 10.8 Å². The number of anilines is 2. The van der Waals surface area contributed by atoms with Crippen molar-refractivity contribution in [2.45, 2.75) is 45.6 Å². The third-order valence-electron chi connectivity index (χ3n) is 3.71. The third-order valence-corrected chi connectivity index (χ3v) is 4.77. The van der Waals surface area contributed by atoms with Crippen LogP contribution in [0.4, 0.5) is 10.8 Å². The van der Waals surface area contributed by atoms with Gasteiger partial charge >= 0.3 is 0 Å². The Morgan fingerprint density at radius 1 is 1.44 bits per heavy atom. The Morgan fingerprint density at radius 2 is 2.19 bits per heavy atom. The van der Waals surface area contributed by atoms with E-state index in [0.717, 1.165) is 11.5 Å². The average Bonchev–Trinajstić information content (AvgIpc) is 2.59. The lowest BCUT2D eigenvalue weighted by molar-refractivity contribution is 0.337. The highest BCUT2D eigenvalue weighted by Crippen LogP contribution is 2.34. The second-order valence-corrected chi connectivity index (χ2v) is 5.79. The molecule has 0 amide bonds. The van der Waals surface area contributed by atoms with Crippen LogP contribution >= 0.6 is 11.5 Å². The summed E-state index contributed by atoms with van der Waals surface area (Å²) in [4.78, 5) is 2.39. The fourth-order valence-corrected chi connectivity index (χ4v) is 3.43. The van der Waals surface area contributed by atoms with Crippen molar-refractivity contribution in [2.75, 3.05) is 17.7 Å². The van der Waals surface area contributed by atoms with Gasteiger partial charge in [0, 0.05) is 18.7 Å². The fraction of sp³-hybridized carbons (Fsp3) is 0.750. The van der Waals surface area contributed by atoms with Gasteiger partial charge < -0.3 is 10.6 Å². The summed E-state index contributed by atoms with van der Waals surface area (Å²) in [7, 11) is 2.18. The summed E-state index contributed by atoms with van der Waals surface area (Å²) < 4.78 is 4.23. The van der Waals surface area contributed by atoms with Gasteiger partial charge in [0.25, 0.3) is 0 Å². The maximum Gasteiger partial charge on any atom is 0.142 e. The second kappa shape index (κ2) is 4.62. The Morgan fingerprint density at radius 3 is 2.75 bits per heavy atom. The number of nitrogen functional groups attached to an aromatic ring is 1. The first-order valence-corrected chi connectivity index (χ1v) is 6.81. The van der Waals surface area contributed by atoms with Crippen LogP contribution in [0.15, 0.2) is 0 Å². The van der Waals surface area contributed by atoms with E-state index in [1.54, 1.807) is 0 Å². The minimum absolute atomic E-state index is 0.669. The average molecular weight is 239 g/mol. The molecule has 90 valence electrons. The van der Waals surface area contributed by atoms with Crippen LogP contribution in [0.3, 0.4) is 0 Å². The molecular weight excluding hydrogens is 218 g/mol. The predicted octanol–water partition coefficient (Wildman–Crippen LogP) is 3.05. The van der Waals surface area contributed by atoms with Gasteiger partial charge in [-0.05, 0) is 37.2 Å². The van der Waals surface area contributed by atoms with Crippen molar-refractivity contribution in [1.29, 1.82) is 0 Å². The molecule has 2 rings (SSSR count). The maximum atomic E-state index is 5.81. The van der Waals surface area contributed by atoms with E-state index in [4.69, 9.17) is 5.73 Å². The number of nitrogens with zero attached hydrogens (tertiary/aromatic N) is 2. The van der Waals surface area contributed by atoms with Crippen molar-refractivity contribution < 1.29 is 0 Å². The second-order valence-electron chi connectivity index (χ2n) is 5.03.